The number of para-hydroxylation sites is 1. The maximum Gasteiger partial charge on any atom is 0.274 e. The molecular formula is C23H15F3N2O4S. The highest BCUT2D eigenvalue weighted by Crippen LogP contribution is 2.52. The fraction of sp³-hybridized carbons (Fsp3) is 0.130. The van der Waals surface area contributed by atoms with Gasteiger partial charge < -0.3 is 4.90 Å². The summed E-state index contributed by atoms with van der Waals surface area (Å²) in [5.41, 5.74) is 0.551. The van der Waals surface area contributed by atoms with Gasteiger partial charge in [0.15, 0.2) is 21.5 Å². The van der Waals surface area contributed by atoms with Crippen LogP contribution in [0.2, 0.25) is 0 Å². The summed E-state index contributed by atoms with van der Waals surface area (Å²) in [6.45, 7) is -0.0901. The average Bonchev–Trinajstić information content (AvgIpc) is 3.14. The summed E-state index contributed by atoms with van der Waals surface area (Å²) in [4.78, 5) is 26.3. The summed E-state index contributed by atoms with van der Waals surface area (Å²) in [5.74, 6) is -5.79. The van der Waals surface area contributed by atoms with Crippen LogP contribution in [-0.2, 0) is 30.8 Å². The smallest absolute Gasteiger partial charge is 0.274 e. The van der Waals surface area contributed by atoms with Gasteiger partial charge in [0.05, 0.1) is 12.2 Å². The van der Waals surface area contributed by atoms with Crippen LogP contribution in [0.3, 0.4) is 0 Å². The van der Waals surface area contributed by atoms with E-state index >= 15 is 0 Å². The summed E-state index contributed by atoms with van der Waals surface area (Å²) in [6, 6.07) is 13.9. The van der Waals surface area contributed by atoms with Gasteiger partial charge in [-0.15, -0.1) is 0 Å². The van der Waals surface area contributed by atoms with E-state index in [1.807, 2.05) is 0 Å². The molecule has 6 nitrogen and oxygen atoms in total. The van der Waals surface area contributed by atoms with E-state index in [0.29, 0.717) is 11.6 Å². The average molecular weight is 472 g/mol. The van der Waals surface area contributed by atoms with Crippen molar-refractivity contribution in [3.8, 4) is 0 Å². The van der Waals surface area contributed by atoms with Gasteiger partial charge in [0.25, 0.3) is 10.8 Å². The van der Waals surface area contributed by atoms with E-state index in [9.17, 15) is 31.2 Å². The predicted octanol–water partition coefficient (Wildman–Crippen LogP) is 3.27. The van der Waals surface area contributed by atoms with Gasteiger partial charge in [-0.25, -0.2) is 21.6 Å². The van der Waals surface area contributed by atoms with Crippen molar-refractivity contribution in [3.63, 3.8) is 0 Å². The molecule has 2 amide bonds. The molecule has 10 heteroatoms. The molecule has 0 unspecified atom stereocenters. The summed E-state index contributed by atoms with van der Waals surface area (Å²) >= 11 is 0. The molecule has 0 N–H and O–H groups in total. The zero-order chi connectivity index (χ0) is 23.5. The molecule has 5 rings (SSSR count). The van der Waals surface area contributed by atoms with Gasteiger partial charge in [0.1, 0.15) is 11.6 Å². The lowest BCUT2D eigenvalue weighted by atomic mass is 10.0. The fourth-order valence-corrected chi connectivity index (χ4v) is 6.48. The van der Waals surface area contributed by atoms with E-state index in [4.69, 9.17) is 0 Å². The number of benzene rings is 3. The van der Waals surface area contributed by atoms with Gasteiger partial charge in [0.2, 0.25) is 5.91 Å². The second-order valence-electron chi connectivity index (χ2n) is 7.77. The molecule has 33 heavy (non-hydrogen) atoms. The Labute approximate surface area is 186 Å². The number of carbonyl (C=O) groups excluding carboxylic acids is 2. The van der Waals surface area contributed by atoms with E-state index in [1.54, 1.807) is 6.07 Å². The third kappa shape index (κ3) is 2.90. The molecule has 0 saturated carbocycles. The van der Waals surface area contributed by atoms with Gasteiger partial charge in [-0.1, -0.05) is 30.3 Å². The monoisotopic (exact) mass is 472 g/mol. The molecule has 0 bridgehead atoms. The number of hydrogen-bond acceptors (Lipinski definition) is 4. The molecule has 2 aliphatic heterocycles. The van der Waals surface area contributed by atoms with Crippen LogP contribution in [0.5, 0.6) is 0 Å². The number of amides is 2. The molecule has 3 aromatic carbocycles. The topological polar surface area (TPSA) is 74.8 Å². The summed E-state index contributed by atoms with van der Waals surface area (Å²) in [6.07, 6.45) is 0. The Kier molecular flexibility index (Phi) is 4.61. The highest BCUT2D eigenvalue weighted by atomic mass is 32.2. The van der Waals surface area contributed by atoms with Crippen molar-refractivity contribution in [1.29, 1.82) is 0 Å². The molecule has 1 spiro atoms. The van der Waals surface area contributed by atoms with Crippen LogP contribution in [0.25, 0.3) is 0 Å². The first-order chi connectivity index (χ1) is 15.7. The van der Waals surface area contributed by atoms with Crippen molar-refractivity contribution in [1.82, 2.24) is 0 Å². The van der Waals surface area contributed by atoms with E-state index in [0.717, 1.165) is 17.0 Å². The number of hydrogen-bond donors (Lipinski definition) is 0. The van der Waals surface area contributed by atoms with E-state index in [2.05, 4.69) is 0 Å². The zero-order valence-corrected chi connectivity index (χ0v) is 17.7. The van der Waals surface area contributed by atoms with Gasteiger partial charge >= 0.3 is 0 Å². The van der Waals surface area contributed by atoms with Crippen LogP contribution < -0.4 is 9.80 Å². The maximum atomic E-state index is 14.0. The number of fused-ring (bicyclic) bond motifs is 2. The van der Waals surface area contributed by atoms with Crippen LogP contribution in [0, 0.1) is 17.5 Å². The standard InChI is InChI=1S/C23H15F3N2O4S/c24-15-7-5-14(6-8-15)12-27-20-4-2-1-3-17(20)23(22(27)30)28(21(29)13-33(23,31)32)16-9-10-18(25)19(26)11-16/h1-11H,12-13H2/t23-/m1/s1. The minimum Gasteiger partial charge on any atom is -0.304 e. The molecule has 1 atom stereocenters. The number of nitrogens with zero attached hydrogens (tertiary/aromatic N) is 2. The van der Waals surface area contributed by atoms with Crippen LogP contribution in [-0.4, -0.2) is 26.0 Å². The lowest BCUT2D eigenvalue weighted by Gasteiger charge is -2.32. The SMILES string of the molecule is O=C1CS(=O)(=O)[C@]2(C(=O)N(Cc3ccc(F)cc3)c3ccccc32)N1c1ccc(F)c(F)c1. The van der Waals surface area contributed by atoms with Crippen LogP contribution in [0.1, 0.15) is 11.1 Å². The third-order valence-electron chi connectivity index (χ3n) is 5.84. The Bertz CT molecular complexity index is 1430. The number of sulfone groups is 1. The number of rotatable bonds is 3. The normalized spacial score (nSPS) is 21.2. The first-order valence-electron chi connectivity index (χ1n) is 9.83. The molecule has 1 fully saturated rings. The fourth-order valence-electron chi connectivity index (χ4n) is 4.45. The predicted molar refractivity (Wildman–Crippen MR) is 113 cm³/mol. The first-order valence-corrected chi connectivity index (χ1v) is 11.5. The second kappa shape index (κ2) is 7.17. The van der Waals surface area contributed by atoms with Crippen molar-refractivity contribution in [2.24, 2.45) is 0 Å². The number of carbonyl (C=O) groups is 2. The van der Waals surface area contributed by atoms with Crippen molar-refractivity contribution >= 4 is 33.0 Å². The largest absolute Gasteiger partial charge is 0.304 e. The highest BCUT2D eigenvalue weighted by Gasteiger charge is 2.69. The Morgan fingerprint density at radius 2 is 1.58 bits per heavy atom. The molecule has 0 radical (unpaired) electrons. The molecule has 1 saturated heterocycles. The van der Waals surface area contributed by atoms with Crippen molar-refractivity contribution < 1.29 is 31.2 Å². The van der Waals surface area contributed by atoms with Gasteiger partial charge in [-0.05, 0) is 35.9 Å². The Balaban J connectivity index is 1.73. The molecule has 0 aliphatic carbocycles. The molecule has 3 aromatic rings. The zero-order valence-electron chi connectivity index (χ0n) is 16.8. The number of anilines is 2. The Morgan fingerprint density at radius 3 is 2.27 bits per heavy atom. The molecular weight excluding hydrogens is 457 g/mol. The van der Waals surface area contributed by atoms with Gasteiger partial charge in [-0.3, -0.25) is 14.5 Å². The van der Waals surface area contributed by atoms with E-state index in [-0.39, 0.29) is 23.5 Å². The lowest BCUT2D eigenvalue weighted by molar-refractivity contribution is -0.123. The molecule has 2 aliphatic rings. The number of halogens is 3. The quantitative estimate of drug-likeness (QED) is 0.587. The van der Waals surface area contributed by atoms with E-state index in [1.165, 1.54) is 47.4 Å². The van der Waals surface area contributed by atoms with Crippen molar-refractivity contribution in [2.45, 2.75) is 11.4 Å². The Hall–Kier alpha value is -3.66. The minimum absolute atomic E-state index is 0.0349. The van der Waals surface area contributed by atoms with E-state index < -0.39 is 49.7 Å². The van der Waals surface area contributed by atoms with Gasteiger partial charge in [0, 0.05) is 17.3 Å². The summed E-state index contributed by atoms with van der Waals surface area (Å²) < 4.78 is 67.8. The van der Waals surface area contributed by atoms with Crippen molar-refractivity contribution in [2.75, 3.05) is 15.6 Å². The first kappa shape index (κ1) is 21.2. The van der Waals surface area contributed by atoms with Crippen LogP contribution in [0.4, 0.5) is 24.5 Å². The highest BCUT2D eigenvalue weighted by molar-refractivity contribution is 7.94. The Morgan fingerprint density at radius 1 is 0.879 bits per heavy atom. The third-order valence-corrected chi connectivity index (χ3v) is 7.94. The summed E-state index contributed by atoms with van der Waals surface area (Å²) in [7, 11) is -4.44. The van der Waals surface area contributed by atoms with Crippen molar-refractivity contribution in [3.05, 3.63) is 95.3 Å². The minimum atomic E-state index is -4.44. The summed E-state index contributed by atoms with van der Waals surface area (Å²) in [5, 5.41) is 0. The van der Waals surface area contributed by atoms with Gasteiger partial charge in [-0.2, -0.15) is 0 Å². The lowest BCUT2D eigenvalue weighted by Crippen LogP contribution is -2.54. The maximum absolute atomic E-state index is 14.0. The molecule has 2 heterocycles. The van der Waals surface area contributed by atoms with Crippen LogP contribution >= 0.6 is 0 Å². The molecule has 0 aromatic heterocycles. The second-order valence-corrected chi connectivity index (χ2v) is 9.87. The molecule has 168 valence electrons. The van der Waals surface area contributed by atoms with Crippen LogP contribution in [0.15, 0.2) is 66.7 Å².